The summed E-state index contributed by atoms with van der Waals surface area (Å²) in [5.74, 6) is 1.18. The molecule has 1 rings (SSSR count). The Morgan fingerprint density at radius 2 is 2.05 bits per heavy atom. The van der Waals surface area contributed by atoms with Crippen LogP contribution in [0, 0.1) is 0 Å². The molecule has 0 aliphatic rings. The van der Waals surface area contributed by atoms with Crippen LogP contribution >= 0.6 is 0 Å². The SMILES string of the molecule is CCNCc1ccc(OC)c(OCCCC(=O)OC)c1. The number of esters is 1. The minimum Gasteiger partial charge on any atom is -0.493 e. The van der Waals surface area contributed by atoms with Crippen molar-refractivity contribution < 1.29 is 19.0 Å². The van der Waals surface area contributed by atoms with Crippen LogP contribution in [-0.2, 0) is 16.1 Å². The number of methoxy groups -OCH3 is 2. The maximum Gasteiger partial charge on any atom is 0.305 e. The third-order valence-corrected chi connectivity index (χ3v) is 2.82. The molecule has 5 nitrogen and oxygen atoms in total. The van der Waals surface area contributed by atoms with Gasteiger partial charge in [0, 0.05) is 13.0 Å². The van der Waals surface area contributed by atoms with E-state index in [1.165, 1.54) is 7.11 Å². The van der Waals surface area contributed by atoms with Crippen LogP contribution in [0.2, 0.25) is 0 Å². The van der Waals surface area contributed by atoms with Gasteiger partial charge in [0.2, 0.25) is 0 Å². The molecule has 0 saturated heterocycles. The van der Waals surface area contributed by atoms with Crippen molar-refractivity contribution in [1.82, 2.24) is 5.32 Å². The molecule has 0 fully saturated rings. The average Bonchev–Trinajstić information content (AvgIpc) is 2.49. The number of ether oxygens (including phenoxy) is 3. The number of nitrogens with one attached hydrogen (secondary N) is 1. The molecule has 1 N–H and O–H groups in total. The Morgan fingerprint density at radius 3 is 2.70 bits per heavy atom. The predicted molar refractivity (Wildman–Crippen MR) is 77.1 cm³/mol. The summed E-state index contributed by atoms with van der Waals surface area (Å²) < 4.78 is 15.5. The summed E-state index contributed by atoms with van der Waals surface area (Å²) in [5.41, 5.74) is 1.13. The van der Waals surface area contributed by atoms with Crippen molar-refractivity contribution >= 4 is 5.97 Å². The largest absolute Gasteiger partial charge is 0.493 e. The lowest BCUT2D eigenvalue weighted by Gasteiger charge is -2.12. The predicted octanol–water partition coefficient (Wildman–Crippen LogP) is 2.14. The van der Waals surface area contributed by atoms with Gasteiger partial charge in [-0.25, -0.2) is 0 Å². The van der Waals surface area contributed by atoms with Crippen molar-refractivity contribution in [3.05, 3.63) is 23.8 Å². The van der Waals surface area contributed by atoms with Crippen molar-refractivity contribution in [3.8, 4) is 11.5 Å². The highest BCUT2D eigenvalue weighted by atomic mass is 16.5. The molecule has 0 amide bonds. The van der Waals surface area contributed by atoms with E-state index in [2.05, 4.69) is 17.0 Å². The minimum atomic E-state index is -0.221. The third-order valence-electron chi connectivity index (χ3n) is 2.82. The van der Waals surface area contributed by atoms with Gasteiger partial charge in [0.15, 0.2) is 11.5 Å². The van der Waals surface area contributed by atoms with E-state index < -0.39 is 0 Å². The van der Waals surface area contributed by atoms with Gasteiger partial charge in [-0.15, -0.1) is 0 Å². The highest BCUT2D eigenvalue weighted by Crippen LogP contribution is 2.28. The summed E-state index contributed by atoms with van der Waals surface area (Å²) in [6.07, 6.45) is 0.975. The van der Waals surface area contributed by atoms with Crippen LogP contribution in [0.1, 0.15) is 25.3 Å². The van der Waals surface area contributed by atoms with Crippen molar-refractivity contribution in [3.63, 3.8) is 0 Å². The molecule has 0 aromatic heterocycles. The van der Waals surface area contributed by atoms with E-state index >= 15 is 0 Å². The van der Waals surface area contributed by atoms with Crippen LogP contribution in [0.4, 0.5) is 0 Å². The van der Waals surface area contributed by atoms with E-state index in [4.69, 9.17) is 9.47 Å². The van der Waals surface area contributed by atoms with E-state index in [1.807, 2.05) is 18.2 Å². The number of hydrogen-bond acceptors (Lipinski definition) is 5. The van der Waals surface area contributed by atoms with Gasteiger partial charge in [-0.2, -0.15) is 0 Å². The first-order valence-electron chi connectivity index (χ1n) is 6.78. The van der Waals surface area contributed by atoms with E-state index in [0.29, 0.717) is 30.9 Å². The summed E-state index contributed by atoms with van der Waals surface area (Å²) in [4.78, 5) is 11.0. The van der Waals surface area contributed by atoms with Crippen LogP contribution in [0.5, 0.6) is 11.5 Å². The second-order valence-electron chi connectivity index (χ2n) is 4.29. The number of benzene rings is 1. The third kappa shape index (κ3) is 5.48. The van der Waals surface area contributed by atoms with E-state index in [0.717, 1.165) is 18.7 Å². The summed E-state index contributed by atoms with van der Waals surface area (Å²) >= 11 is 0. The lowest BCUT2D eigenvalue weighted by molar-refractivity contribution is -0.140. The normalized spacial score (nSPS) is 10.2. The van der Waals surface area contributed by atoms with Gasteiger partial charge >= 0.3 is 5.97 Å². The fourth-order valence-corrected chi connectivity index (χ4v) is 1.71. The zero-order chi connectivity index (χ0) is 14.8. The Kier molecular flexibility index (Phi) is 7.50. The van der Waals surface area contributed by atoms with Gasteiger partial charge in [0.05, 0.1) is 20.8 Å². The molecule has 20 heavy (non-hydrogen) atoms. The Bertz CT molecular complexity index is 420. The molecule has 1 aromatic carbocycles. The second kappa shape index (κ2) is 9.20. The summed E-state index contributed by atoms with van der Waals surface area (Å²) in [5, 5.41) is 3.26. The monoisotopic (exact) mass is 281 g/mol. The highest BCUT2D eigenvalue weighted by molar-refractivity contribution is 5.69. The number of hydrogen-bond donors (Lipinski definition) is 1. The number of carbonyl (C=O) groups is 1. The maximum absolute atomic E-state index is 11.0. The van der Waals surface area contributed by atoms with Crippen LogP contribution in [0.15, 0.2) is 18.2 Å². The van der Waals surface area contributed by atoms with Crippen molar-refractivity contribution in [1.29, 1.82) is 0 Å². The summed E-state index contributed by atoms with van der Waals surface area (Å²) in [6, 6.07) is 5.85. The molecular formula is C15H23NO4. The fourth-order valence-electron chi connectivity index (χ4n) is 1.71. The smallest absolute Gasteiger partial charge is 0.305 e. The molecule has 5 heteroatoms. The molecule has 0 aliphatic heterocycles. The molecule has 0 unspecified atom stereocenters. The zero-order valence-corrected chi connectivity index (χ0v) is 12.4. The standard InChI is InChI=1S/C15H23NO4/c1-4-16-11-12-7-8-13(18-2)14(10-12)20-9-5-6-15(17)19-3/h7-8,10,16H,4-6,9,11H2,1-3H3. The van der Waals surface area contributed by atoms with E-state index in [9.17, 15) is 4.79 Å². The van der Waals surface area contributed by atoms with Crippen LogP contribution in [0.25, 0.3) is 0 Å². The van der Waals surface area contributed by atoms with Gasteiger partial charge in [-0.05, 0) is 30.7 Å². The molecule has 0 spiro atoms. The topological polar surface area (TPSA) is 56.8 Å². The Balaban J connectivity index is 2.54. The molecule has 0 heterocycles. The van der Waals surface area contributed by atoms with Gasteiger partial charge in [0.25, 0.3) is 0 Å². The Morgan fingerprint density at radius 1 is 1.25 bits per heavy atom. The maximum atomic E-state index is 11.0. The van der Waals surface area contributed by atoms with Gasteiger partial charge < -0.3 is 19.5 Å². The van der Waals surface area contributed by atoms with Crippen LogP contribution < -0.4 is 14.8 Å². The molecule has 0 saturated carbocycles. The highest BCUT2D eigenvalue weighted by Gasteiger charge is 2.06. The number of rotatable bonds is 9. The average molecular weight is 281 g/mol. The quantitative estimate of drug-likeness (QED) is 0.555. The fraction of sp³-hybridized carbons (Fsp3) is 0.533. The van der Waals surface area contributed by atoms with Crippen LogP contribution in [-0.4, -0.2) is 33.3 Å². The van der Waals surface area contributed by atoms with Gasteiger partial charge in [0.1, 0.15) is 0 Å². The lowest BCUT2D eigenvalue weighted by atomic mass is 10.2. The first-order valence-corrected chi connectivity index (χ1v) is 6.78. The summed E-state index contributed by atoms with van der Waals surface area (Å²) in [7, 11) is 3.00. The molecule has 0 bridgehead atoms. The second-order valence-corrected chi connectivity index (χ2v) is 4.29. The van der Waals surface area contributed by atoms with Crippen molar-refractivity contribution in [2.24, 2.45) is 0 Å². The molecule has 0 atom stereocenters. The molecule has 1 aromatic rings. The number of carbonyl (C=O) groups excluding carboxylic acids is 1. The zero-order valence-electron chi connectivity index (χ0n) is 12.4. The first kappa shape index (κ1) is 16.3. The Hall–Kier alpha value is -1.75. The van der Waals surface area contributed by atoms with Crippen molar-refractivity contribution in [2.45, 2.75) is 26.3 Å². The molecule has 112 valence electrons. The van der Waals surface area contributed by atoms with E-state index in [-0.39, 0.29) is 5.97 Å². The van der Waals surface area contributed by atoms with Crippen molar-refractivity contribution in [2.75, 3.05) is 27.4 Å². The molecular weight excluding hydrogens is 258 g/mol. The van der Waals surface area contributed by atoms with E-state index in [1.54, 1.807) is 7.11 Å². The molecule has 0 aliphatic carbocycles. The Labute approximate surface area is 120 Å². The first-order chi connectivity index (χ1) is 9.71. The van der Waals surface area contributed by atoms with Gasteiger partial charge in [-0.1, -0.05) is 13.0 Å². The molecule has 0 radical (unpaired) electrons. The summed E-state index contributed by atoms with van der Waals surface area (Å²) in [6.45, 7) is 4.23. The minimum absolute atomic E-state index is 0.221. The van der Waals surface area contributed by atoms with Crippen LogP contribution in [0.3, 0.4) is 0 Å². The lowest BCUT2D eigenvalue weighted by Crippen LogP contribution is -2.12. The van der Waals surface area contributed by atoms with Gasteiger partial charge in [-0.3, -0.25) is 4.79 Å².